The van der Waals surface area contributed by atoms with E-state index in [2.05, 4.69) is 32.9 Å². The predicted octanol–water partition coefficient (Wildman–Crippen LogP) is 17.8. The van der Waals surface area contributed by atoms with Crippen LogP contribution in [0.15, 0.2) is 12.2 Å². The summed E-state index contributed by atoms with van der Waals surface area (Å²) in [5.74, 6) is -0.860. The van der Waals surface area contributed by atoms with E-state index in [1.54, 1.807) is 0 Å². The molecule has 0 N–H and O–H groups in total. The summed E-state index contributed by atoms with van der Waals surface area (Å²) in [7, 11) is 0. The first-order valence-electron chi connectivity index (χ1n) is 27.2. The second-order valence-corrected chi connectivity index (χ2v) is 18.5. The molecule has 0 spiro atoms. The van der Waals surface area contributed by atoms with Crippen LogP contribution in [0.25, 0.3) is 0 Å². The van der Waals surface area contributed by atoms with E-state index < -0.39 is 6.10 Å². The lowest BCUT2D eigenvalue weighted by atomic mass is 10.0. The maximum Gasteiger partial charge on any atom is 0.306 e. The normalized spacial score (nSPS) is 12.0. The minimum atomic E-state index is -0.767. The smallest absolute Gasteiger partial charge is 0.306 e. The average molecular weight is 861 g/mol. The molecule has 0 amide bonds. The van der Waals surface area contributed by atoms with E-state index in [-0.39, 0.29) is 31.1 Å². The van der Waals surface area contributed by atoms with Gasteiger partial charge in [0.2, 0.25) is 0 Å². The summed E-state index contributed by atoms with van der Waals surface area (Å²) in [6.07, 6.45) is 56.3. The first-order chi connectivity index (χ1) is 30.0. The third-order valence-electron chi connectivity index (χ3n) is 12.3. The summed E-state index contributed by atoms with van der Waals surface area (Å²) in [4.78, 5) is 37.9. The fourth-order valence-corrected chi connectivity index (χ4v) is 8.14. The fraction of sp³-hybridized carbons (Fsp3) is 0.909. The fourth-order valence-electron chi connectivity index (χ4n) is 8.14. The van der Waals surface area contributed by atoms with Gasteiger partial charge in [-0.3, -0.25) is 14.4 Å². The number of ether oxygens (including phenoxy) is 3. The van der Waals surface area contributed by atoms with Gasteiger partial charge < -0.3 is 14.2 Å². The summed E-state index contributed by atoms with van der Waals surface area (Å²) in [5, 5.41) is 0. The van der Waals surface area contributed by atoms with Gasteiger partial charge in [0.25, 0.3) is 0 Å². The maximum absolute atomic E-state index is 12.8. The Bertz CT molecular complexity index is 947. The lowest BCUT2D eigenvalue weighted by Gasteiger charge is -2.18. The average Bonchev–Trinajstić information content (AvgIpc) is 3.26. The van der Waals surface area contributed by atoms with Crippen molar-refractivity contribution in [3.05, 3.63) is 12.2 Å². The number of hydrogen-bond donors (Lipinski definition) is 0. The van der Waals surface area contributed by atoms with Crippen molar-refractivity contribution in [3.63, 3.8) is 0 Å². The number of rotatable bonds is 50. The zero-order chi connectivity index (χ0) is 44.4. The highest BCUT2D eigenvalue weighted by Crippen LogP contribution is 2.16. The molecular weight excluding hydrogens is 757 g/mol. The molecule has 1 atom stereocenters. The number of esters is 3. The summed E-state index contributed by atoms with van der Waals surface area (Å²) in [6.45, 7) is 6.65. The van der Waals surface area contributed by atoms with Crippen molar-refractivity contribution in [2.75, 3.05) is 13.2 Å². The van der Waals surface area contributed by atoms with E-state index in [1.807, 2.05) is 0 Å². The number of carbonyl (C=O) groups is 3. The van der Waals surface area contributed by atoms with Crippen LogP contribution in [-0.4, -0.2) is 37.2 Å². The molecule has 0 aromatic rings. The van der Waals surface area contributed by atoms with Crippen LogP contribution in [0.1, 0.15) is 303 Å². The van der Waals surface area contributed by atoms with Crippen LogP contribution in [0.4, 0.5) is 0 Å². The molecule has 0 aliphatic carbocycles. The molecule has 0 radical (unpaired) electrons. The molecule has 0 aliphatic heterocycles. The van der Waals surface area contributed by atoms with Crippen molar-refractivity contribution in [1.82, 2.24) is 0 Å². The lowest BCUT2D eigenvalue weighted by molar-refractivity contribution is -0.167. The maximum atomic E-state index is 12.8. The first kappa shape index (κ1) is 59.1. The molecule has 0 rings (SSSR count). The number of carbonyl (C=O) groups excluding carboxylic acids is 3. The van der Waals surface area contributed by atoms with E-state index in [0.717, 1.165) is 64.2 Å². The Morgan fingerprint density at radius 2 is 0.541 bits per heavy atom. The zero-order valence-corrected chi connectivity index (χ0v) is 41.2. The van der Waals surface area contributed by atoms with E-state index in [9.17, 15) is 14.4 Å². The van der Waals surface area contributed by atoms with Gasteiger partial charge in [-0.2, -0.15) is 0 Å². The van der Waals surface area contributed by atoms with Gasteiger partial charge in [-0.15, -0.1) is 0 Å². The Morgan fingerprint density at radius 3 is 0.820 bits per heavy atom. The second kappa shape index (κ2) is 50.8. The van der Waals surface area contributed by atoms with Crippen molar-refractivity contribution in [1.29, 1.82) is 0 Å². The highest BCUT2D eigenvalue weighted by atomic mass is 16.6. The molecule has 0 saturated carbocycles. The first-order valence-corrected chi connectivity index (χ1v) is 27.2. The van der Waals surface area contributed by atoms with E-state index >= 15 is 0 Å². The summed E-state index contributed by atoms with van der Waals surface area (Å²) < 4.78 is 16.8. The predicted molar refractivity (Wildman–Crippen MR) is 261 cm³/mol. The van der Waals surface area contributed by atoms with Gasteiger partial charge in [-0.05, 0) is 44.9 Å². The van der Waals surface area contributed by atoms with Crippen LogP contribution >= 0.6 is 0 Å². The summed E-state index contributed by atoms with van der Waals surface area (Å²) in [6, 6.07) is 0. The van der Waals surface area contributed by atoms with Gasteiger partial charge in [-0.25, -0.2) is 0 Å². The zero-order valence-electron chi connectivity index (χ0n) is 41.2. The largest absolute Gasteiger partial charge is 0.462 e. The summed E-state index contributed by atoms with van der Waals surface area (Å²) >= 11 is 0. The number of hydrogen-bond acceptors (Lipinski definition) is 6. The minimum Gasteiger partial charge on any atom is -0.462 e. The topological polar surface area (TPSA) is 78.9 Å². The van der Waals surface area contributed by atoms with Gasteiger partial charge >= 0.3 is 17.9 Å². The number of allylic oxidation sites excluding steroid dienone is 2. The van der Waals surface area contributed by atoms with Gasteiger partial charge in [0.15, 0.2) is 6.10 Å². The van der Waals surface area contributed by atoms with E-state index in [0.29, 0.717) is 19.3 Å². The molecule has 0 heterocycles. The van der Waals surface area contributed by atoms with Crippen LogP contribution in [-0.2, 0) is 28.6 Å². The molecule has 0 aliphatic rings. The molecule has 6 heteroatoms. The Labute approximate surface area is 380 Å². The Morgan fingerprint density at radius 1 is 0.311 bits per heavy atom. The molecule has 61 heavy (non-hydrogen) atoms. The van der Waals surface area contributed by atoms with Gasteiger partial charge in [0, 0.05) is 19.3 Å². The van der Waals surface area contributed by atoms with Crippen molar-refractivity contribution >= 4 is 17.9 Å². The Balaban J connectivity index is 4.25. The summed E-state index contributed by atoms with van der Waals surface area (Å²) in [5.41, 5.74) is 0. The van der Waals surface area contributed by atoms with Crippen LogP contribution < -0.4 is 0 Å². The standard InChI is InChI=1S/C55H104O6/c1-4-7-10-13-16-19-21-23-25-27-28-30-31-33-36-39-42-45-48-54(57)60-51-52(50-59-53(56)47-44-41-38-35-18-15-12-9-6-3)61-55(58)49-46-43-40-37-34-32-29-26-24-22-20-17-14-11-8-5-2/h26,29,52H,4-25,27-28,30-51H2,1-3H3/b29-26-/t52-/m1/s1. The SMILES string of the molecule is CCCCCCCCC/C=C\CCCCCCCC(=O)O[C@H](COC(=O)CCCCCCCCCCC)COC(=O)CCCCCCCCCCCCCCCCCCCC. The Hall–Kier alpha value is -1.85. The quantitative estimate of drug-likeness (QED) is 0.0262. The van der Waals surface area contributed by atoms with Crippen LogP contribution in [0.2, 0.25) is 0 Å². The van der Waals surface area contributed by atoms with Crippen molar-refractivity contribution in [2.24, 2.45) is 0 Å². The third-order valence-corrected chi connectivity index (χ3v) is 12.3. The van der Waals surface area contributed by atoms with Crippen molar-refractivity contribution in [2.45, 2.75) is 309 Å². The van der Waals surface area contributed by atoms with E-state index in [4.69, 9.17) is 14.2 Å². The number of unbranched alkanes of at least 4 members (excludes halogenated alkanes) is 37. The monoisotopic (exact) mass is 861 g/mol. The second-order valence-electron chi connectivity index (χ2n) is 18.5. The molecule has 0 fully saturated rings. The van der Waals surface area contributed by atoms with E-state index in [1.165, 1.54) is 199 Å². The molecule has 0 saturated heterocycles. The molecule has 0 aromatic carbocycles. The molecular formula is C55H104O6. The van der Waals surface area contributed by atoms with Gasteiger partial charge in [0.05, 0.1) is 0 Å². The van der Waals surface area contributed by atoms with Crippen LogP contribution in [0.5, 0.6) is 0 Å². The van der Waals surface area contributed by atoms with Gasteiger partial charge in [-0.1, -0.05) is 251 Å². The molecule has 0 bridgehead atoms. The highest BCUT2D eigenvalue weighted by molar-refractivity contribution is 5.71. The van der Waals surface area contributed by atoms with Crippen molar-refractivity contribution in [3.8, 4) is 0 Å². The minimum absolute atomic E-state index is 0.0680. The molecule has 360 valence electrons. The Kier molecular flexibility index (Phi) is 49.3. The molecule has 0 unspecified atom stereocenters. The van der Waals surface area contributed by atoms with Gasteiger partial charge in [0.1, 0.15) is 13.2 Å². The van der Waals surface area contributed by atoms with Crippen molar-refractivity contribution < 1.29 is 28.6 Å². The van der Waals surface area contributed by atoms with Crippen LogP contribution in [0.3, 0.4) is 0 Å². The van der Waals surface area contributed by atoms with Crippen LogP contribution in [0, 0.1) is 0 Å². The highest BCUT2D eigenvalue weighted by Gasteiger charge is 2.19. The lowest BCUT2D eigenvalue weighted by Crippen LogP contribution is -2.30. The third kappa shape index (κ3) is 49.0. The molecule has 6 nitrogen and oxygen atoms in total. The molecule has 0 aromatic heterocycles.